The third-order valence-electron chi connectivity index (χ3n) is 2.50. The summed E-state index contributed by atoms with van der Waals surface area (Å²) in [6, 6.07) is 6.85. The minimum Gasteiger partial charge on any atom is -0.454 e. The minimum atomic E-state index is -0.452. The lowest BCUT2D eigenvalue weighted by molar-refractivity contribution is -0.122. The van der Waals surface area contributed by atoms with E-state index in [4.69, 9.17) is 4.74 Å². The molecule has 0 fully saturated rings. The van der Waals surface area contributed by atoms with Gasteiger partial charge in [-0.25, -0.2) is 4.79 Å². The molecule has 0 saturated carbocycles. The monoisotopic (exact) mass is 312 g/mol. The fourth-order valence-electron chi connectivity index (χ4n) is 1.46. The molecule has 0 radical (unpaired) electrons. The molecule has 1 aromatic rings. The molecule has 0 heterocycles. The highest BCUT2D eigenvalue weighted by atomic mass is 79.9. The van der Waals surface area contributed by atoms with Gasteiger partial charge in [-0.1, -0.05) is 35.7 Å². The van der Waals surface area contributed by atoms with Crippen molar-refractivity contribution in [3.05, 3.63) is 34.3 Å². The Morgan fingerprint density at radius 1 is 1.17 bits per heavy atom. The lowest BCUT2D eigenvalue weighted by Crippen LogP contribution is -2.13. The van der Waals surface area contributed by atoms with E-state index in [0.717, 1.165) is 23.7 Å². The smallest absolute Gasteiger partial charge is 0.338 e. The molecule has 4 heteroatoms. The van der Waals surface area contributed by atoms with Gasteiger partial charge in [-0.2, -0.15) is 0 Å². The van der Waals surface area contributed by atoms with Crippen LogP contribution in [0.25, 0.3) is 0 Å². The number of ketones is 1. The number of unbranched alkanes of at least 4 members (excludes halogenated alkanes) is 2. The van der Waals surface area contributed by atoms with E-state index >= 15 is 0 Å². The number of ether oxygens (including phenoxy) is 1. The van der Waals surface area contributed by atoms with Crippen molar-refractivity contribution in [3.8, 4) is 0 Å². The summed E-state index contributed by atoms with van der Waals surface area (Å²) in [5.41, 5.74) is 0.458. The average Bonchev–Trinajstić information content (AvgIpc) is 2.37. The summed E-state index contributed by atoms with van der Waals surface area (Å²) >= 11 is 3.29. The Bertz CT molecular complexity index is 398. The average molecular weight is 313 g/mol. The van der Waals surface area contributed by atoms with Crippen LogP contribution >= 0.6 is 15.9 Å². The maximum absolute atomic E-state index is 11.6. The molecule has 0 aliphatic carbocycles. The number of halogens is 1. The molecule has 0 saturated heterocycles. The molecular weight excluding hydrogens is 296 g/mol. The van der Waals surface area contributed by atoms with Gasteiger partial charge in [0.2, 0.25) is 0 Å². The molecule has 18 heavy (non-hydrogen) atoms. The minimum absolute atomic E-state index is 0.0195. The Kier molecular flexibility index (Phi) is 6.65. The zero-order valence-electron chi connectivity index (χ0n) is 10.4. The fraction of sp³-hybridized carbons (Fsp3) is 0.429. The highest BCUT2D eigenvalue weighted by Crippen LogP contribution is 2.11. The van der Waals surface area contributed by atoms with E-state index < -0.39 is 5.97 Å². The molecular formula is C14H17BrO3. The van der Waals surface area contributed by atoms with Crippen LogP contribution in [0.15, 0.2) is 28.7 Å². The molecule has 0 aliphatic rings. The van der Waals surface area contributed by atoms with Gasteiger partial charge in [0, 0.05) is 10.9 Å². The second-order valence-corrected chi connectivity index (χ2v) is 4.99. The Hall–Kier alpha value is -1.16. The molecule has 0 unspecified atom stereocenters. The van der Waals surface area contributed by atoms with Gasteiger partial charge in [0.05, 0.1) is 5.56 Å². The summed E-state index contributed by atoms with van der Waals surface area (Å²) < 4.78 is 5.85. The maximum Gasteiger partial charge on any atom is 0.338 e. The first-order valence-electron chi connectivity index (χ1n) is 6.08. The van der Waals surface area contributed by atoms with E-state index in [0.29, 0.717) is 12.0 Å². The van der Waals surface area contributed by atoms with Gasteiger partial charge in [-0.15, -0.1) is 0 Å². The van der Waals surface area contributed by atoms with Crippen molar-refractivity contribution >= 4 is 27.7 Å². The van der Waals surface area contributed by atoms with E-state index in [1.54, 1.807) is 24.3 Å². The van der Waals surface area contributed by atoms with E-state index in [-0.39, 0.29) is 12.4 Å². The Balaban J connectivity index is 2.32. The van der Waals surface area contributed by atoms with Crippen LogP contribution in [0.3, 0.4) is 0 Å². The molecule has 1 rings (SSSR count). The molecule has 0 bridgehead atoms. The van der Waals surface area contributed by atoms with Crippen LogP contribution in [0.4, 0.5) is 0 Å². The first kappa shape index (κ1) is 14.9. The summed E-state index contributed by atoms with van der Waals surface area (Å²) in [4.78, 5) is 23.0. The number of hydrogen-bond donors (Lipinski definition) is 0. The van der Waals surface area contributed by atoms with Crippen LogP contribution in [-0.4, -0.2) is 18.4 Å². The van der Waals surface area contributed by atoms with Gasteiger partial charge < -0.3 is 4.74 Å². The van der Waals surface area contributed by atoms with Gasteiger partial charge in [0.15, 0.2) is 5.78 Å². The number of rotatable bonds is 7. The van der Waals surface area contributed by atoms with Crippen LogP contribution in [0, 0.1) is 0 Å². The van der Waals surface area contributed by atoms with Gasteiger partial charge in [0.25, 0.3) is 0 Å². The largest absolute Gasteiger partial charge is 0.454 e. The summed E-state index contributed by atoms with van der Waals surface area (Å²) in [5, 5.41) is 0. The van der Waals surface area contributed by atoms with E-state index in [9.17, 15) is 9.59 Å². The Morgan fingerprint density at radius 2 is 1.83 bits per heavy atom. The SMILES string of the molecule is CCCCCC(=O)COC(=O)c1ccc(Br)cc1. The van der Waals surface area contributed by atoms with Crippen molar-refractivity contribution in [2.45, 2.75) is 32.6 Å². The van der Waals surface area contributed by atoms with Gasteiger partial charge in [0.1, 0.15) is 6.61 Å². The predicted octanol–water partition coefficient (Wildman–Crippen LogP) is 3.76. The summed E-state index contributed by atoms with van der Waals surface area (Å²) in [5.74, 6) is -0.472. The maximum atomic E-state index is 11.6. The van der Waals surface area contributed by atoms with Crippen molar-refractivity contribution in [1.29, 1.82) is 0 Å². The second kappa shape index (κ2) is 8.03. The molecule has 0 atom stereocenters. The molecule has 0 N–H and O–H groups in total. The van der Waals surface area contributed by atoms with Crippen LogP contribution in [0.5, 0.6) is 0 Å². The highest BCUT2D eigenvalue weighted by Gasteiger charge is 2.09. The zero-order chi connectivity index (χ0) is 13.4. The molecule has 3 nitrogen and oxygen atoms in total. The lowest BCUT2D eigenvalue weighted by Gasteiger charge is -2.04. The first-order valence-corrected chi connectivity index (χ1v) is 6.87. The summed E-state index contributed by atoms with van der Waals surface area (Å²) in [6.07, 6.45) is 3.46. The van der Waals surface area contributed by atoms with Crippen LogP contribution < -0.4 is 0 Å². The van der Waals surface area contributed by atoms with Crippen molar-refractivity contribution in [3.63, 3.8) is 0 Å². The van der Waals surface area contributed by atoms with Crippen molar-refractivity contribution in [2.24, 2.45) is 0 Å². The normalized spacial score (nSPS) is 10.1. The van der Waals surface area contributed by atoms with E-state index in [1.807, 2.05) is 0 Å². The van der Waals surface area contributed by atoms with Gasteiger partial charge in [-0.3, -0.25) is 4.79 Å². The third-order valence-corrected chi connectivity index (χ3v) is 3.03. The van der Waals surface area contributed by atoms with Crippen LogP contribution in [0.1, 0.15) is 43.0 Å². The van der Waals surface area contributed by atoms with Gasteiger partial charge in [-0.05, 0) is 30.7 Å². The Labute approximate surface area is 116 Å². The zero-order valence-corrected chi connectivity index (χ0v) is 12.0. The standard InChI is InChI=1S/C14H17BrO3/c1-2-3-4-5-13(16)10-18-14(17)11-6-8-12(15)9-7-11/h6-9H,2-5,10H2,1H3. The molecule has 0 aliphatic heterocycles. The van der Waals surface area contributed by atoms with Crippen molar-refractivity contribution < 1.29 is 14.3 Å². The number of Topliss-reactive ketones (excluding diaryl/α,β-unsaturated/α-hetero) is 1. The Morgan fingerprint density at radius 3 is 2.44 bits per heavy atom. The third kappa shape index (κ3) is 5.45. The van der Waals surface area contributed by atoms with Crippen LogP contribution in [-0.2, 0) is 9.53 Å². The number of carbonyl (C=O) groups is 2. The number of esters is 1. The lowest BCUT2D eigenvalue weighted by atomic mass is 10.1. The van der Waals surface area contributed by atoms with Gasteiger partial charge >= 0.3 is 5.97 Å². The molecule has 0 spiro atoms. The number of carbonyl (C=O) groups excluding carboxylic acids is 2. The van der Waals surface area contributed by atoms with Crippen molar-refractivity contribution in [2.75, 3.05) is 6.61 Å². The fourth-order valence-corrected chi connectivity index (χ4v) is 1.72. The number of hydrogen-bond acceptors (Lipinski definition) is 3. The van der Waals surface area contributed by atoms with E-state index in [1.165, 1.54) is 0 Å². The predicted molar refractivity (Wildman–Crippen MR) is 73.6 cm³/mol. The summed E-state index contributed by atoms with van der Waals surface area (Å²) in [6.45, 7) is 1.96. The van der Waals surface area contributed by atoms with E-state index in [2.05, 4.69) is 22.9 Å². The highest BCUT2D eigenvalue weighted by molar-refractivity contribution is 9.10. The molecule has 0 amide bonds. The van der Waals surface area contributed by atoms with Crippen LogP contribution in [0.2, 0.25) is 0 Å². The molecule has 1 aromatic carbocycles. The summed E-state index contributed by atoms with van der Waals surface area (Å²) in [7, 11) is 0. The quantitative estimate of drug-likeness (QED) is 0.569. The first-order chi connectivity index (χ1) is 8.63. The topological polar surface area (TPSA) is 43.4 Å². The molecule has 0 aromatic heterocycles. The van der Waals surface area contributed by atoms with Crippen molar-refractivity contribution in [1.82, 2.24) is 0 Å². The number of benzene rings is 1. The second-order valence-electron chi connectivity index (χ2n) is 4.08. The molecule has 98 valence electrons.